The van der Waals surface area contributed by atoms with Crippen molar-refractivity contribution in [3.05, 3.63) is 22.7 Å². The van der Waals surface area contributed by atoms with Gasteiger partial charge in [-0.15, -0.1) is 0 Å². The highest BCUT2D eigenvalue weighted by Crippen LogP contribution is 2.30. The summed E-state index contributed by atoms with van der Waals surface area (Å²) in [6.07, 6.45) is 0. The molecule has 0 aliphatic carbocycles. The van der Waals surface area contributed by atoms with E-state index in [9.17, 15) is 9.90 Å². The van der Waals surface area contributed by atoms with Gasteiger partial charge in [0.25, 0.3) is 5.91 Å². The number of nitrogens with one attached hydrogen (secondary N) is 1. The van der Waals surface area contributed by atoms with Gasteiger partial charge in [0.05, 0.1) is 10.6 Å². The van der Waals surface area contributed by atoms with Crippen LogP contribution in [-0.2, 0) is 0 Å². The van der Waals surface area contributed by atoms with E-state index in [1.807, 2.05) is 0 Å². The summed E-state index contributed by atoms with van der Waals surface area (Å²) >= 11 is 5.55. The van der Waals surface area contributed by atoms with Gasteiger partial charge in [0.15, 0.2) is 0 Å². The summed E-state index contributed by atoms with van der Waals surface area (Å²) in [5, 5.41) is 20.6. The van der Waals surface area contributed by atoms with E-state index in [0.29, 0.717) is 0 Å². The molecule has 0 aliphatic heterocycles. The van der Waals surface area contributed by atoms with Crippen LogP contribution in [0.2, 0.25) is 5.02 Å². The van der Waals surface area contributed by atoms with Crippen LogP contribution in [0.3, 0.4) is 0 Å². The Morgan fingerprint density at radius 1 is 1.38 bits per heavy atom. The lowest BCUT2D eigenvalue weighted by Crippen LogP contribution is -2.17. The number of halogens is 1. The average molecular weight is 202 g/mol. The first-order chi connectivity index (χ1) is 6.06. The van der Waals surface area contributed by atoms with Gasteiger partial charge in [0.2, 0.25) is 0 Å². The first-order valence-corrected chi connectivity index (χ1v) is 3.87. The molecule has 70 valence electrons. The van der Waals surface area contributed by atoms with Gasteiger partial charge < -0.3 is 15.5 Å². The third-order valence-corrected chi connectivity index (χ3v) is 1.84. The Bertz CT molecular complexity index is 351. The Morgan fingerprint density at radius 3 is 2.54 bits per heavy atom. The standard InChI is InChI=1S/C8H8ClNO3/c1-10-8(13)4-2-5(9)7(12)3-6(4)11/h2-3,11-12H,1H3,(H,10,13). The summed E-state index contributed by atoms with van der Waals surface area (Å²) in [6.45, 7) is 0. The second-order valence-electron chi connectivity index (χ2n) is 2.40. The van der Waals surface area contributed by atoms with E-state index in [2.05, 4.69) is 5.32 Å². The predicted molar refractivity (Wildman–Crippen MR) is 48.2 cm³/mol. The van der Waals surface area contributed by atoms with Crippen LogP contribution < -0.4 is 5.32 Å². The molecule has 0 spiro atoms. The smallest absolute Gasteiger partial charge is 0.254 e. The number of hydrogen-bond acceptors (Lipinski definition) is 3. The molecule has 0 fully saturated rings. The fourth-order valence-electron chi connectivity index (χ4n) is 0.867. The van der Waals surface area contributed by atoms with E-state index < -0.39 is 5.91 Å². The highest BCUT2D eigenvalue weighted by atomic mass is 35.5. The summed E-state index contributed by atoms with van der Waals surface area (Å²) in [7, 11) is 1.43. The highest BCUT2D eigenvalue weighted by Gasteiger charge is 2.12. The Balaban J connectivity index is 3.23. The minimum absolute atomic E-state index is 0.0244. The number of phenolic OH excluding ortho intramolecular Hbond substituents is 2. The molecule has 13 heavy (non-hydrogen) atoms. The van der Waals surface area contributed by atoms with Crippen LogP contribution in [0.4, 0.5) is 0 Å². The lowest BCUT2D eigenvalue weighted by Gasteiger charge is -2.04. The Morgan fingerprint density at radius 2 is 2.00 bits per heavy atom. The maximum Gasteiger partial charge on any atom is 0.254 e. The zero-order valence-corrected chi connectivity index (χ0v) is 7.59. The summed E-state index contributed by atoms with van der Waals surface area (Å²) in [5.74, 6) is -1.02. The molecule has 0 bridgehead atoms. The van der Waals surface area contributed by atoms with Crippen LogP contribution >= 0.6 is 11.6 Å². The molecule has 0 saturated heterocycles. The third kappa shape index (κ3) is 1.84. The molecule has 0 saturated carbocycles. The second-order valence-corrected chi connectivity index (χ2v) is 2.81. The van der Waals surface area contributed by atoms with Crippen LogP contribution in [0.5, 0.6) is 11.5 Å². The van der Waals surface area contributed by atoms with E-state index in [1.165, 1.54) is 13.1 Å². The predicted octanol–water partition coefficient (Wildman–Crippen LogP) is 1.11. The number of aromatic hydroxyl groups is 2. The minimum atomic E-state index is -0.459. The highest BCUT2D eigenvalue weighted by molar-refractivity contribution is 6.32. The summed E-state index contributed by atoms with van der Waals surface area (Å²) in [4.78, 5) is 11.1. The van der Waals surface area contributed by atoms with Crippen molar-refractivity contribution in [2.75, 3.05) is 7.05 Å². The fourth-order valence-corrected chi connectivity index (χ4v) is 1.03. The van der Waals surface area contributed by atoms with Gasteiger partial charge in [-0.25, -0.2) is 0 Å². The zero-order chi connectivity index (χ0) is 10.0. The van der Waals surface area contributed by atoms with Crippen molar-refractivity contribution in [1.29, 1.82) is 0 Å². The maximum atomic E-state index is 11.1. The molecule has 1 amide bonds. The quantitative estimate of drug-likeness (QED) is 0.638. The molecule has 1 aromatic rings. The van der Waals surface area contributed by atoms with Gasteiger partial charge >= 0.3 is 0 Å². The molecule has 1 aromatic carbocycles. The molecule has 0 aromatic heterocycles. The van der Waals surface area contributed by atoms with E-state index >= 15 is 0 Å². The number of carbonyl (C=O) groups excluding carboxylic acids is 1. The van der Waals surface area contributed by atoms with E-state index in [-0.39, 0.29) is 22.1 Å². The fraction of sp³-hybridized carbons (Fsp3) is 0.125. The molecule has 0 aliphatic rings. The van der Waals surface area contributed by atoms with Gasteiger partial charge in [-0.1, -0.05) is 11.6 Å². The topological polar surface area (TPSA) is 69.6 Å². The van der Waals surface area contributed by atoms with Gasteiger partial charge in [-0.3, -0.25) is 4.79 Å². The normalized spacial score (nSPS) is 9.69. The molecule has 5 heteroatoms. The van der Waals surface area contributed by atoms with Crippen molar-refractivity contribution in [2.24, 2.45) is 0 Å². The van der Waals surface area contributed by atoms with Gasteiger partial charge in [0.1, 0.15) is 11.5 Å². The van der Waals surface area contributed by atoms with Gasteiger partial charge in [-0.05, 0) is 6.07 Å². The van der Waals surface area contributed by atoms with Crippen molar-refractivity contribution < 1.29 is 15.0 Å². The number of hydrogen-bond donors (Lipinski definition) is 3. The molecule has 0 atom stereocenters. The zero-order valence-electron chi connectivity index (χ0n) is 6.84. The van der Waals surface area contributed by atoms with E-state index in [0.717, 1.165) is 6.07 Å². The van der Waals surface area contributed by atoms with Crippen molar-refractivity contribution in [2.45, 2.75) is 0 Å². The number of phenols is 2. The third-order valence-electron chi connectivity index (χ3n) is 1.54. The van der Waals surface area contributed by atoms with Crippen LogP contribution in [-0.4, -0.2) is 23.2 Å². The summed E-state index contributed by atoms with van der Waals surface area (Å²) in [5.41, 5.74) is 0.0327. The van der Waals surface area contributed by atoms with Crippen LogP contribution in [0.25, 0.3) is 0 Å². The van der Waals surface area contributed by atoms with Gasteiger partial charge in [0, 0.05) is 13.1 Å². The maximum absolute atomic E-state index is 11.1. The summed E-state index contributed by atoms with van der Waals surface area (Å²) in [6, 6.07) is 2.22. The molecule has 1 rings (SSSR count). The van der Waals surface area contributed by atoms with Crippen molar-refractivity contribution in [3.8, 4) is 11.5 Å². The lowest BCUT2D eigenvalue weighted by atomic mass is 10.2. The second kappa shape index (κ2) is 3.53. The lowest BCUT2D eigenvalue weighted by molar-refractivity contribution is 0.0960. The number of amides is 1. The van der Waals surface area contributed by atoms with E-state index in [1.54, 1.807) is 0 Å². The Labute approximate surface area is 79.8 Å². The van der Waals surface area contributed by atoms with E-state index in [4.69, 9.17) is 16.7 Å². The number of rotatable bonds is 1. The monoisotopic (exact) mass is 201 g/mol. The molecule has 4 nitrogen and oxygen atoms in total. The molecular formula is C8H8ClNO3. The number of benzene rings is 1. The van der Waals surface area contributed by atoms with Crippen LogP contribution in [0.1, 0.15) is 10.4 Å². The minimum Gasteiger partial charge on any atom is -0.507 e. The Hall–Kier alpha value is -1.42. The first kappa shape index (κ1) is 9.67. The molecule has 0 unspecified atom stereocenters. The van der Waals surface area contributed by atoms with Crippen molar-refractivity contribution in [1.82, 2.24) is 5.32 Å². The molecule has 3 N–H and O–H groups in total. The SMILES string of the molecule is CNC(=O)c1cc(Cl)c(O)cc1O. The van der Waals surface area contributed by atoms with Crippen LogP contribution in [0.15, 0.2) is 12.1 Å². The van der Waals surface area contributed by atoms with Crippen LogP contribution in [0, 0.1) is 0 Å². The summed E-state index contributed by atoms with van der Waals surface area (Å²) < 4.78 is 0. The first-order valence-electron chi connectivity index (χ1n) is 3.50. The molecule has 0 radical (unpaired) electrons. The molecular weight excluding hydrogens is 194 g/mol. The average Bonchev–Trinajstić information content (AvgIpc) is 2.10. The van der Waals surface area contributed by atoms with Crippen molar-refractivity contribution in [3.63, 3.8) is 0 Å². The largest absolute Gasteiger partial charge is 0.507 e. The number of carbonyl (C=O) groups is 1. The molecule has 0 heterocycles. The van der Waals surface area contributed by atoms with Crippen molar-refractivity contribution >= 4 is 17.5 Å². The van der Waals surface area contributed by atoms with Gasteiger partial charge in [-0.2, -0.15) is 0 Å². The Kier molecular flexibility index (Phi) is 2.63.